The minimum Gasteiger partial charge on any atom is -0.323 e. The van der Waals surface area contributed by atoms with Crippen molar-refractivity contribution in [1.82, 2.24) is 10.2 Å². The molecule has 3 nitrogen and oxygen atoms in total. The second kappa shape index (κ2) is 4.97. The molecule has 1 saturated carbocycles. The summed E-state index contributed by atoms with van der Waals surface area (Å²) < 4.78 is 0. The molecule has 2 unspecified atom stereocenters. The number of nitrogens with zero attached hydrogens (tertiary/aromatic N) is 1. The minimum atomic E-state index is 0.298. The predicted molar refractivity (Wildman–Crippen MR) is 69.6 cm³/mol. The molecule has 1 amide bonds. The van der Waals surface area contributed by atoms with Gasteiger partial charge in [0.15, 0.2) is 0 Å². The number of rotatable bonds is 3. The Labute approximate surface area is 105 Å². The van der Waals surface area contributed by atoms with Gasteiger partial charge < -0.3 is 4.90 Å². The monoisotopic (exact) mass is 238 g/mol. The highest BCUT2D eigenvalue weighted by Gasteiger charge is 2.39. The number of amides is 1. The smallest absolute Gasteiger partial charge is 0.238 e. The van der Waals surface area contributed by atoms with Gasteiger partial charge in [-0.2, -0.15) is 0 Å². The van der Waals surface area contributed by atoms with Crippen LogP contribution in [0.25, 0.3) is 0 Å². The lowest BCUT2D eigenvalue weighted by molar-refractivity contribution is -0.131. The van der Waals surface area contributed by atoms with Gasteiger partial charge in [0.05, 0.1) is 12.7 Å². The number of nitrogens with one attached hydrogen (secondary N) is 1. The first kappa shape index (κ1) is 12.9. The lowest BCUT2D eigenvalue weighted by Gasteiger charge is -2.41. The van der Waals surface area contributed by atoms with Gasteiger partial charge in [-0.05, 0) is 31.1 Å². The minimum absolute atomic E-state index is 0.298. The molecule has 0 aromatic carbocycles. The maximum atomic E-state index is 12.0. The zero-order valence-electron chi connectivity index (χ0n) is 11.5. The van der Waals surface area contributed by atoms with Crippen molar-refractivity contribution in [3.63, 3.8) is 0 Å². The van der Waals surface area contributed by atoms with Crippen LogP contribution in [0.4, 0.5) is 0 Å². The van der Waals surface area contributed by atoms with E-state index in [0.717, 1.165) is 12.8 Å². The van der Waals surface area contributed by atoms with Crippen molar-refractivity contribution in [3.8, 4) is 0 Å². The second-order valence-corrected chi connectivity index (χ2v) is 6.40. The fourth-order valence-corrected chi connectivity index (χ4v) is 3.44. The average molecular weight is 238 g/mol. The molecule has 2 atom stereocenters. The van der Waals surface area contributed by atoms with Crippen LogP contribution in [-0.2, 0) is 4.79 Å². The summed E-state index contributed by atoms with van der Waals surface area (Å²) in [4.78, 5) is 14.2. The van der Waals surface area contributed by atoms with E-state index in [-0.39, 0.29) is 0 Å². The molecule has 2 fully saturated rings. The van der Waals surface area contributed by atoms with Gasteiger partial charge in [-0.1, -0.05) is 33.6 Å². The Morgan fingerprint density at radius 2 is 2.24 bits per heavy atom. The zero-order chi connectivity index (χ0) is 12.5. The zero-order valence-corrected chi connectivity index (χ0v) is 11.5. The summed E-state index contributed by atoms with van der Waals surface area (Å²) in [6.07, 6.45) is 7.45. The maximum Gasteiger partial charge on any atom is 0.238 e. The predicted octanol–water partition coefficient (Wildman–Crippen LogP) is 2.51. The van der Waals surface area contributed by atoms with Crippen molar-refractivity contribution >= 4 is 5.91 Å². The molecular weight excluding hydrogens is 212 g/mol. The third-order valence-corrected chi connectivity index (χ3v) is 4.25. The summed E-state index contributed by atoms with van der Waals surface area (Å²) in [6, 6.07) is 0.470. The molecule has 2 aliphatic rings. The highest BCUT2D eigenvalue weighted by molar-refractivity contribution is 5.81. The Morgan fingerprint density at radius 3 is 2.88 bits per heavy atom. The fourth-order valence-electron chi connectivity index (χ4n) is 3.44. The number of carbonyl (C=O) groups excluding carboxylic acids is 1. The first-order chi connectivity index (χ1) is 8.03. The van der Waals surface area contributed by atoms with Crippen molar-refractivity contribution in [3.05, 3.63) is 0 Å². The highest BCUT2D eigenvalue weighted by atomic mass is 16.2. The first-order valence-electron chi connectivity index (χ1n) is 7.08. The van der Waals surface area contributed by atoms with E-state index in [0.29, 0.717) is 30.1 Å². The lowest BCUT2D eigenvalue weighted by Crippen LogP contribution is -2.47. The van der Waals surface area contributed by atoms with E-state index in [2.05, 4.69) is 31.0 Å². The third kappa shape index (κ3) is 2.82. The van der Waals surface area contributed by atoms with Gasteiger partial charge in [0, 0.05) is 6.04 Å². The summed E-state index contributed by atoms with van der Waals surface area (Å²) in [7, 11) is 0. The molecule has 1 N–H and O–H groups in total. The van der Waals surface area contributed by atoms with Crippen molar-refractivity contribution < 1.29 is 4.79 Å². The molecule has 0 aromatic heterocycles. The molecule has 1 aliphatic carbocycles. The molecule has 0 bridgehead atoms. The quantitative estimate of drug-likeness (QED) is 0.819. The van der Waals surface area contributed by atoms with Crippen LogP contribution in [0.1, 0.15) is 59.3 Å². The number of carbonyl (C=O) groups is 1. The van der Waals surface area contributed by atoms with Crippen LogP contribution in [0.2, 0.25) is 0 Å². The highest BCUT2D eigenvalue weighted by Crippen LogP contribution is 2.38. The molecule has 0 spiro atoms. The molecule has 0 radical (unpaired) electrons. The van der Waals surface area contributed by atoms with Gasteiger partial charge in [-0.15, -0.1) is 0 Å². The maximum absolute atomic E-state index is 12.0. The summed E-state index contributed by atoms with van der Waals surface area (Å²) >= 11 is 0. The van der Waals surface area contributed by atoms with E-state index in [9.17, 15) is 4.79 Å². The molecule has 17 heavy (non-hydrogen) atoms. The van der Waals surface area contributed by atoms with Crippen LogP contribution in [0.5, 0.6) is 0 Å². The van der Waals surface area contributed by atoms with E-state index in [1.54, 1.807) is 0 Å². The van der Waals surface area contributed by atoms with Gasteiger partial charge >= 0.3 is 0 Å². The molecule has 0 aromatic rings. The van der Waals surface area contributed by atoms with Gasteiger partial charge in [-0.25, -0.2) is 0 Å². The van der Waals surface area contributed by atoms with Crippen molar-refractivity contribution in [2.24, 2.45) is 5.41 Å². The Kier molecular flexibility index (Phi) is 3.76. The van der Waals surface area contributed by atoms with Crippen LogP contribution in [0.3, 0.4) is 0 Å². The van der Waals surface area contributed by atoms with E-state index in [1.807, 2.05) is 0 Å². The van der Waals surface area contributed by atoms with E-state index >= 15 is 0 Å². The van der Waals surface area contributed by atoms with E-state index in [4.69, 9.17) is 0 Å². The van der Waals surface area contributed by atoms with Gasteiger partial charge in [0.1, 0.15) is 0 Å². The van der Waals surface area contributed by atoms with Crippen LogP contribution in [-0.4, -0.2) is 29.6 Å². The van der Waals surface area contributed by atoms with Gasteiger partial charge in [0.25, 0.3) is 0 Å². The molecular formula is C14H26N2O. The Morgan fingerprint density at radius 1 is 1.47 bits per heavy atom. The SMILES string of the molecule is CCCC1NCC(=O)N1C1CCCC(C)(C)C1. The normalized spacial score (nSPS) is 33.1. The van der Waals surface area contributed by atoms with Crippen LogP contribution in [0.15, 0.2) is 0 Å². The molecule has 1 aliphatic heterocycles. The fraction of sp³-hybridized carbons (Fsp3) is 0.929. The Bertz CT molecular complexity index is 288. The lowest BCUT2D eigenvalue weighted by atomic mass is 9.74. The van der Waals surface area contributed by atoms with E-state index < -0.39 is 0 Å². The third-order valence-electron chi connectivity index (χ3n) is 4.25. The number of hydrogen-bond donors (Lipinski definition) is 1. The summed E-state index contributed by atoms with van der Waals surface area (Å²) in [6.45, 7) is 7.40. The van der Waals surface area contributed by atoms with Crippen molar-refractivity contribution in [1.29, 1.82) is 0 Å². The number of hydrogen-bond acceptors (Lipinski definition) is 2. The standard InChI is InChI=1S/C14H26N2O/c1-4-6-12-15-10-13(17)16(12)11-7-5-8-14(2,3)9-11/h11-12,15H,4-10H2,1-3H3. The van der Waals surface area contributed by atoms with Gasteiger partial charge in [-0.3, -0.25) is 10.1 Å². The van der Waals surface area contributed by atoms with Crippen LogP contribution >= 0.6 is 0 Å². The molecule has 1 saturated heterocycles. The van der Waals surface area contributed by atoms with Crippen molar-refractivity contribution in [2.45, 2.75) is 71.5 Å². The average Bonchev–Trinajstić information content (AvgIpc) is 2.59. The van der Waals surface area contributed by atoms with E-state index in [1.165, 1.54) is 25.7 Å². The largest absolute Gasteiger partial charge is 0.323 e. The summed E-state index contributed by atoms with van der Waals surface area (Å²) in [5.41, 5.74) is 0.405. The Hall–Kier alpha value is -0.570. The van der Waals surface area contributed by atoms with Crippen molar-refractivity contribution in [2.75, 3.05) is 6.54 Å². The van der Waals surface area contributed by atoms with Crippen LogP contribution in [0, 0.1) is 5.41 Å². The topological polar surface area (TPSA) is 32.3 Å². The van der Waals surface area contributed by atoms with Gasteiger partial charge in [0.2, 0.25) is 5.91 Å². The molecule has 2 rings (SSSR count). The Balaban J connectivity index is 2.05. The molecule has 3 heteroatoms. The first-order valence-corrected chi connectivity index (χ1v) is 7.08. The summed E-state index contributed by atoms with van der Waals surface area (Å²) in [5.74, 6) is 0.311. The van der Waals surface area contributed by atoms with Crippen LogP contribution < -0.4 is 5.32 Å². The molecule has 98 valence electrons. The second-order valence-electron chi connectivity index (χ2n) is 6.40. The molecule has 1 heterocycles. The summed E-state index contributed by atoms with van der Waals surface area (Å²) in [5, 5.41) is 3.36.